The predicted octanol–water partition coefficient (Wildman–Crippen LogP) is 2.90. The highest BCUT2D eigenvalue weighted by Crippen LogP contribution is 2.10. The standard InChI is InChI=1S/C16H22N2O3/c1-17(13-10-14-8-4-2-5-9-14)15(19)21-16(20)18-11-6-3-7-12-18/h2,4-5,8-9H,3,6-7,10-13H2,1H3. The second-order valence-corrected chi connectivity index (χ2v) is 5.34. The minimum absolute atomic E-state index is 0.522. The van der Waals surface area contributed by atoms with E-state index in [4.69, 9.17) is 4.74 Å². The van der Waals surface area contributed by atoms with Crippen LogP contribution in [0.5, 0.6) is 0 Å². The number of carbonyl (C=O) groups is 2. The molecule has 0 atom stereocenters. The quantitative estimate of drug-likeness (QED) is 0.804. The lowest BCUT2D eigenvalue weighted by molar-refractivity contribution is 0.0943. The molecule has 1 heterocycles. The van der Waals surface area contributed by atoms with Gasteiger partial charge in [0.2, 0.25) is 0 Å². The minimum Gasteiger partial charge on any atom is -0.359 e. The first-order valence-electron chi connectivity index (χ1n) is 7.42. The third-order valence-corrected chi connectivity index (χ3v) is 3.68. The Hall–Kier alpha value is -2.04. The van der Waals surface area contributed by atoms with Crippen molar-refractivity contribution in [2.24, 2.45) is 0 Å². The fourth-order valence-corrected chi connectivity index (χ4v) is 2.33. The number of nitrogens with zero attached hydrogens (tertiary/aromatic N) is 2. The fourth-order valence-electron chi connectivity index (χ4n) is 2.33. The molecule has 21 heavy (non-hydrogen) atoms. The summed E-state index contributed by atoms with van der Waals surface area (Å²) in [6.45, 7) is 1.88. The third kappa shape index (κ3) is 4.77. The Balaban J connectivity index is 1.75. The lowest BCUT2D eigenvalue weighted by atomic mass is 10.1. The van der Waals surface area contributed by atoms with Crippen LogP contribution in [0.25, 0.3) is 0 Å². The Morgan fingerprint density at radius 1 is 1.14 bits per heavy atom. The molecule has 1 aromatic rings. The number of amides is 2. The summed E-state index contributed by atoms with van der Waals surface area (Å²) in [5.41, 5.74) is 1.15. The van der Waals surface area contributed by atoms with Crippen LogP contribution in [0.4, 0.5) is 9.59 Å². The van der Waals surface area contributed by atoms with Gasteiger partial charge in [-0.25, -0.2) is 9.59 Å². The van der Waals surface area contributed by atoms with E-state index in [2.05, 4.69) is 0 Å². The molecule has 2 amide bonds. The second-order valence-electron chi connectivity index (χ2n) is 5.34. The number of carbonyl (C=O) groups excluding carboxylic acids is 2. The maximum atomic E-state index is 11.9. The lowest BCUT2D eigenvalue weighted by Gasteiger charge is -2.26. The molecule has 0 bridgehead atoms. The Labute approximate surface area is 125 Å². The maximum Gasteiger partial charge on any atom is 0.418 e. The zero-order valence-electron chi connectivity index (χ0n) is 12.5. The molecule has 1 aliphatic rings. The van der Waals surface area contributed by atoms with Crippen molar-refractivity contribution in [3.63, 3.8) is 0 Å². The minimum atomic E-state index is -0.582. The van der Waals surface area contributed by atoms with Crippen molar-refractivity contribution in [3.8, 4) is 0 Å². The summed E-state index contributed by atoms with van der Waals surface area (Å²) in [6, 6.07) is 9.91. The number of ether oxygens (including phenoxy) is 1. The van der Waals surface area contributed by atoms with Crippen molar-refractivity contribution in [2.75, 3.05) is 26.7 Å². The average Bonchev–Trinajstić information content (AvgIpc) is 2.54. The molecule has 0 radical (unpaired) electrons. The number of benzene rings is 1. The molecule has 0 saturated carbocycles. The van der Waals surface area contributed by atoms with Gasteiger partial charge in [-0.15, -0.1) is 0 Å². The molecular formula is C16H22N2O3. The van der Waals surface area contributed by atoms with E-state index in [-0.39, 0.29) is 0 Å². The number of likely N-dealkylation sites (tertiary alicyclic amines) is 1. The van der Waals surface area contributed by atoms with E-state index in [9.17, 15) is 9.59 Å². The molecular weight excluding hydrogens is 268 g/mol. The molecule has 1 aromatic carbocycles. The highest BCUT2D eigenvalue weighted by molar-refractivity contribution is 5.83. The van der Waals surface area contributed by atoms with E-state index in [1.165, 1.54) is 4.90 Å². The van der Waals surface area contributed by atoms with Crippen molar-refractivity contribution in [1.82, 2.24) is 9.80 Å². The summed E-state index contributed by atoms with van der Waals surface area (Å²) in [5.74, 6) is 0. The van der Waals surface area contributed by atoms with E-state index in [0.29, 0.717) is 19.6 Å². The largest absolute Gasteiger partial charge is 0.418 e. The van der Waals surface area contributed by atoms with Crippen LogP contribution in [0.2, 0.25) is 0 Å². The summed E-state index contributed by atoms with van der Waals surface area (Å²) in [6.07, 6.45) is 2.73. The van der Waals surface area contributed by atoms with Gasteiger partial charge in [0.1, 0.15) is 0 Å². The number of hydrogen-bond acceptors (Lipinski definition) is 3. The predicted molar refractivity (Wildman–Crippen MR) is 80.1 cm³/mol. The Morgan fingerprint density at radius 3 is 2.48 bits per heavy atom. The van der Waals surface area contributed by atoms with Crippen LogP contribution in [-0.4, -0.2) is 48.7 Å². The molecule has 0 N–H and O–H groups in total. The summed E-state index contributed by atoms with van der Waals surface area (Å²) in [4.78, 5) is 26.8. The van der Waals surface area contributed by atoms with Gasteiger partial charge in [0, 0.05) is 26.7 Å². The molecule has 0 aliphatic carbocycles. The first kappa shape index (κ1) is 15.4. The van der Waals surface area contributed by atoms with Crippen molar-refractivity contribution in [3.05, 3.63) is 35.9 Å². The SMILES string of the molecule is CN(CCc1ccccc1)C(=O)OC(=O)N1CCCCC1. The van der Waals surface area contributed by atoms with Crippen molar-refractivity contribution in [1.29, 1.82) is 0 Å². The van der Waals surface area contributed by atoms with E-state index >= 15 is 0 Å². The number of piperidine rings is 1. The van der Waals surface area contributed by atoms with E-state index < -0.39 is 12.2 Å². The normalized spacial score (nSPS) is 14.6. The molecule has 114 valence electrons. The van der Waals surface area contributed by atoms with Gasteiger partial charge in [0.05, 0.1) is 0 Å². The summed E-state index contributed by atoms with van der Waals surface area (Å²) < 4.78 is 4.91. The average molecular weight is 290 g/mol. The van der Waals surface area contributed by atoms with Crippen LogP contribution in [0.15, 0.2) is 30.3 Å². The topological polar surface area (TPSA) is 49.9 Å². The van der Waals surface area contributed by atoms with Crippen molar-refractivity contribution >= 4 is 12.2 Å². The van der Waals surface area contributed by atoms with Crippen molar-refractivity contribution in [2.45, 2.75) is 25.7 Å². The lowest BCUT2D eigenvalue weighted by Crippen LogP contribution is -2.40. The molecule has 0 unspecified atom stereocenters. The fraction of sp³-hybridized carbons (Fsp3) is 0.500. The van der Waals surface area contributed by atoms with E-state index in [1.54, 1.807) is 11.9 Å². The summed E-state index contributed by atoms with van der Waals surface area (Å²) in [7, 11) is 1.65. The van der Waals surface area contributed by atoms with Gasteiger partial charge in [-0.1, -0.05) is 30.3 Å². The molecule has 0 spiro atoms. The van der Waals surface area contributed by atoms with Gasteiger partial charge in [-0.2, -0.15) is 0 Å². The highest BCUT2D eigenvalue weighted by Gasteiger charge is 2.22. The molecule has 1 saturated heterocycles. The maximum absolute atomic E-state index is 11.9. The first-order chi connectivity index (χ1) is 10.2. The molecule has 5 heteroatoms. The van der Waals surface area contributed by atoms with Gasteiger partial charge in [-0.3, -0.25) is 0 Å². The Kier molecular flexibility index (Phi) is 5.60. The smallest absolute Gasteiger partial charge is 0.359 e. The van der Waals surface area contributed by atoms with Crippen LogP contribution >= 0.6 is 0 Å². The van der Waals surface area contributed by atoms with Crippen LogP contribution in [0.1, 0.15) is 24.8 Å². The van der Waals surface area contributed by atoms with Crippen LogP contribution in [-0.2, 0) is 11.2 Å². The third-order valence-electron chi connectivity index (χ3n) is 3.68. The zero-order chi connectivity index (χ0) is 15.1. The van der Waals surface area contributed by atoms with Gasteiger partial charge in [0.15, 0.2) is 0 Å². The summed E-state index contributed by atoms with van der Waals surface area (Å²) in [5, 5.41) is 0. The summed E-state index contributed by atoms with van der Waals surface area (Å²) >= 11 is 0. The molecule has 2 rings (SSSR count). The number of rotatable bonds is 3. The molecule has 1 aliphatic heterocycles. The Morgan fingerprint density at radius 2 is 1.81 bits per heavy atom. The van der Waals surface area contributed by atoms with Gasteiger partial charge >= 0.3 is 12.2 Å². The van der Waals surface area contributed by atoms with Crippen LogP contribution in [0.3, 0.4) is 0 Å². The molecule has 1 fully saturated rings. The van der Waals surface area contributed by atoms with E-state index in [1.807, 2.05) is 30.3 Å². The number of likely N-dealkylation sites (N-methyl/N-ethyl adjacent to an activating group) is 1. The molecule has 5 nitrogen and oxygen atoms in total. The highest BCUT2D eigenvalue weighted by atomic mass is 16.6. The van der Waals surface area contributed by atoms with Gasteiger partial charge < -0.3 is 14.5 Å². The number of hydrogen-bond donors (Lipinski definition) is 0. The van der Waals surface area contributed by atoms with Gasteiger partial charge in [0.25, 0.3) is 0 Å². The monoisotopic (exact) mass is 290 g/mol. The van der Waals surface area contributed by atoms with Crippen LogP contribution in [0, 0.1) is 0 Å². The van der Waals surface area contributed by atoms with Crippen molar-refractivity contribution < 1.29 is 14.3 Å². The van der Waals surface area contributed by atoms with Gasteiger partial charge in [-0.05, 0) is 31.2 Å². The molecule has 0 aromatic heterocycles. The van der Waals surface area contributed by atoms with E-state index in [0.717, 1.165) is 31.2 Å². The first-order valence-corrected chi connectivity index (χ1v) is 7.42. The Bertz CT molecular complexity index is 470. The zero-order valence-corrected chi connectivity index (χ0v) is 12.5. The van der Waals surface area contributed by atoms with Crippen LogP contribution < -0.4 is 0 Å². The second kappa shape index (κ2) is 7.67.